The molecule has 0 unspecified atom stereocenters. The molecule has 0 spiro atoms. The minimum Gasteiger partial charge on any atom is -0.364 e. The van der Waals surface area contributed by atoms with Crippen LogP contribution in [0.25, 0.3) is 0 Å². The van der Waals surface area contributed by atoms with Crippen LogP contribution < -0.4 is 0 Å². The van der Waals surface area contributed by atoms with E-state index in [0.717, 1.165) is 4.88 Å². The largest absolute Gasteiger partial charge is 0.364 e. The van der Waals surface area contributed by atoms with E-state index in [4.69, 9.17) is 0 Å². The van der Waals surface area contributed by atoms with E-state index in [9.17, 15) is 27.5 Å². The highest BCUT2D eigenvalue weighted by Crippen LogP contribution is 2.34. The first kappa shape index (κ1) is 15.9. The highest BCUT2D eigenvalue weighted by atomic mass is 32.1. The third-order valence-electron chi connectivity index (χ3n) is 3.08. The maximum absolute atomic E-state index is 13.0. The van der Waals surface area contributed by atoms with Crippen LogP contribution in [0.3, 0.4) is 0 Å². The first-order valence-electron chi connectivity index (χ1n) is 6.07. The van der Waals surface area contributed by atoms with Crippen LogP contribution in [0.15, 0.2) is 16.5 Å². The summed E-state index contributed by atoms with van der Waals surface area (Å²) in [6.45, 7) is 1.85. The average Bonchev–Trinajstić information content (AvgIpc) is 3.03. The Kier molecular flexibility index (Phi) is 4.33. The van der Waals surface area contributed by atoms with E-state index in [0.29, 0.717) is 6.42 Å². The number of aliphatic hydroxyl groups is 1. The summed E-state index contributed by atoms with van der Waals surface area (Å²) in [7, 11) is 0. The number of amides is 1. The van der Waals surface area contributed by atoms with E-state index in [1.54, 1.807) is 0 Å². The number of hydrogen-bond donors (Lipinski definition) is 1. The number of alkyl halides is 4. The Labute approximate surface area is 121 Å². The zero-order valence-electron chi connectivity index (χ0n) is 10.9. The van der Waals surface area contributed by atoms with Crippen molar-refractivity contribution >= 4 is 23.0 Å². The normalized spacial score (nSPS) is 22.3. The fourth-order valence-electron chi connectivity index (χ4n) is 1.90. The Morgan fingerprint density at radius 1 is 1.52 bits per heavy atom. The second-order valence-electron chi connectivity index (χ2n) is 4.52. The molecule has 2 heterocycles. The number of carbonyl (C=O) groups is 1. The van der Waals surface area contributed by atoms with Gasteiger partial charge >= 0.3 is 0 Å². The summed E-state index contributed by atoms with van der Waals surface area (Å²) in [4.78, 5) is 13.0. The minimum atomic E-state index is -3.41. The van der Waals surface area contributed by atoms with Gasteiger partial charge in [0.1, 0.15) is 5.71 Å². The second-order valence-corrected chi connectivity index (χ2v) is 5.52. The fraction of sp³-hybridized carbons (Fsp3) is 0.500. The van der Waals surface area contributed by atoms with Gasteiger partial charge in [0, 0.05) is 16.7 Å². The Balaban J connectivity index is 2.35. The van der Waals surface area contributed by atoms with E-state index in [1.165, 1.54) is 22.8 Å². The van der Waals surface area contributed by atoms with Crippen LogP contribution in [0.5, 0.6) is 0 Å². The van der Waals surface area contributed by atoms with Crippen molar-refractivity contribution in [1.82, 2.24) is 5.01 Å². The van der Waals surface area contributed by atoms with Crippen LogP contribution in [0, 0.1) is 0 Å². The maximum Gasteiger partial charge on any atom is 0.287 e. The van der Waals surface area contributed by atoms with Gasteiger partial charge in [-0.3, -0.25) is 4.79 Å². The molecule has 0 saturated heterocycles. The molecule has 0 fully saturated rings. The molecule has 0 aromatic carbocycles. The SMILES string of the molecule is CCc1cc(C(=O)N2N=C(C(F)F)C[C@@]2(O)C(F)F)cs1. The van der Waals surface area contributed by atoms with Crippen LogP contribution >= 0.6 is 11.3 Å². The van der Waals surface area contributed by atoms with Gasteiger partial charge in [-0.25, -0.2) is 17.6 Å². The molecule has 0 radical (unpaired) electrons. The first-order valence-corrected chi connectivity index (χ1v) is 6.95. The van der Waals surface area contributed by atoms with E-state index < -0.39 is 36.6 Å². The van der Waals surface area contributed by atoms with E-state index in [2.05, 4.69) is 5.10 Å². The quantitative estimate of drug-likeness (QED) is 0.866. The van der Waals surface area contributed by atoms with Crippen LogP contribution in [0.1, 0.15) is 28.6 Å². The summed E-state index contributed by atoms with van der Waals surface area (Å²) in [5.74, 6) is -1.02. The predicted octanol–water partition coefficient (Wildman–Crippen LogP) is 2.73. The minimum absolute atomic E-state index is 0.0372. The van der Waals surface area contributed by atoms with Crippen molar-refractivity contribution in [3.8, 4) is 0 Å². The van der Waals surface area contributed by atoms with Gasteiger partial charge < -0.3 is 5.11 Å². The van der Waals surface area contributed by atoms with Crippen molar-refractivity contribution in [3.63, 3.8) is 0 Å². The molecule has 1 amide bonds. The smallest absolute Gasteiger partial charge is 0.287 e. The summed E-state index contributed by atoms with van der Waals surface area (Å²) >= 11 is 1.24. The van der Waals surface area contributed by atoms with Crippen LogP contribution in [-0.4, -0.2) is 40.3 Å². The molecular formula is C12H12F4N2O2S. The number of hydrazone groups is 1. The fourth-order valence-corrected chi connectivity index (χ4v) is 2.71. The second kappa shape index (κ2) is 5.72. The number of carbonyl (C=O) groups excluding carboxylic acids is 1. The summed E-state index contributed by atoms with van der Waals surface area (Å²) in [6, 6.07) is 1.47. The third-order valence-corrected chi connectivity index (χ3v) is 4.16. The summed E-state index contributed by atoms with van der Waals surface area (Å²) in [6.07, 6.45) is -6.95. The molecule has 1 atom stereocenters. The summed E-state index contributed by atoms with van der Waals surface area (Å²) < 4.78 is 51.2. The third kappa shape index (κ3) is 2.80. The molecule has 21 heavy (non-hydrogen) atoms. The van der Waals surface area contributed by atoms with Gasteiger partial charge in [0.25, 0.3) is 18.8 Å². The molecule has 0 aliphatic carbocycles. The van der Waals surface area contributed by atoms with Crippen molar-refractivity contribution in [2.24, 2.45) is 5.10 Å². The maximum atomic E-state index is 13.0. The van der Waals surface area contributed by atoms with Gasteiger partial charge in [-0.1, -0.05) is 6.92 Å². The summed E-state index contributed by atoms with van der Waals surface area (Å²) in [5, 5.41) is 14.5. The molecular weight excluding hydrogens is 312 g/mol. The van der Waals surface area contributed by atoms with Gasteiger partial charge in [-0.15, -0.1) is 11.3 Å². The van der Waals surface area contributed by atoms with Crippen molar-refractivity contribution in [2.45, 2.75) is 38.3 Å². The van der Waals surface area contributed by atoms with Crippen molar-refractivity contribution < 1.29 is 27.5 Å². The Hall–Kier alpha value is -1.48. The van der Waals surface area contributed by atoms with Gasteiger partial charge in [0.05, 0.1) is 5.56 Å². The molecule has 4 nitrogen and oxygen atoms in total. The predicted molar refractivity (Wildman–Crippen MR) is 68.9 cm³/mol. The van der Waals surface area contributed by atoms with Gasteiger partial charge in [0.15, 0.2) is 0 Å². The van der Waals surface area contributed by atoms with E-state index >= 15 is 0 Å². The number of halogens is 4. The lowest BCUT2D eigenvalue weighted by Gasteiger charge is -2.29. The monoisotopic (exact) mass is 324 g/mol. The molecule has 2 rings (SSSR count). The Morgan fingerprint density at radius 3 is 2.67 bits per heavy atom. The highest BCUT2D eigenvalue weighted by Gasteiger charge is 2.53. The number of thiophene rings is 1. The van der Waals surface area contributed by atoms with Crippen LogP contribution in [-0.2, 0) is 6.42 Å². The number of aryl methyl sites for hydroxylation is 1. The molecule has 1 aromatic heterocycles. The lowest BCUT2D eigenvalue weighted by Crippen LogP contribution is -2.51. The molecule has 0 bridgehead atoms. The number of nitrogens with zero attached hydrogens (tertiary/aromatic N) is 2. The van der Waals surface area contributed by atoms with Gasteiger partial charge in [-0.2, -0.15) is 10.1 Å². The van der Waals surface area contributed by atoms with E-state index in [-0.39, 0.29) is 10.6 Å². The molecule has 1 aliphatic rings. The van der Waals surface area contributed by atoms with Crippen molar-refractivity contribution in [1.29, 1.82) is 0 Å². The van der Waals surface area contributed by atoms with E-state index in [1.807, 2.05) is 6.92 Å². The number of hydrogen-bond acceptors (Lipinski definition) is 4. The van der Waals surface area contributed by atoms with Crippen molar-refractivity contribution in [3.05, 3.63) is 21.9 Å². The molecule has 0 saturated carbocycles. The first-order chi connectivity index (χ1) is 9.79. The molecule has 1 N–H and O–H groups in total. The van der Waals surface area contributed by atoms with Gasteiger partial charge in [0.2, 0.25) is 5.72 Å². The standard InChI is InChI=1S/C12H12F4N2O2S/c1-2-7-3-6(5-21-7)10(19)18-12(20,11(15)16)4-8(17-18)9(13)14/h3,5,9,11,20H,2,4H2,1H3/t12-/m1/s1. The highest BCUT2D eigenvalue weighted by molar-refractivity contribution is 7.10. The van der Waals surface area contributed by atoms with Crippen molar-refractivity contribution in [2.75, 3.05) is 0 Å². The lowest BCUT2D eigenvalue weighted by atomic mass is 10.1. The zero-order valence-corrected chi connectivity index (χ0v) is 11.7. The summed E-state index contributed by atoms with van der Waals surface area (Å²) in [5.41, 5.74) is -3.93. The number of rotatable bonds is 4. The van der Waals surface area contributed by atoms with Crippen LogP contribution in [0.4, 0.5) is 17.6 Å². The van der Waals surface area contributed by atoms with Crippen LogP contribution in [0.2, 0.25) is 0 Å². The molecule has 9 heteroatoms. The average molecular weight is 324 g/mol. The Bertz CT molecular complexity index is 575. The lowest BCUT2D eigenvalue weighted by molar-refractivity contribution is -0.164. The molecule has 1 aromatic rings. The van der Waals surface area contributed by atoms with Gasteiger partial charge in [-0.05, 0) is 12.5 Å². The molecule has 116 valence electrons. The molecule has 1 aliphatic heterocycles. The zero-order chi connectivity index (χ0) is 15.8. The Morgan fingerprint density at radius 2 is 2.19 bits per heavy atom. The topological polar surface area (TPSA) is 52.9 Å².